The van der Waals surface area contributed by atoms with E-state index in [2.05, 4.69) is 10.6 Å². The van der Waals surface area contributed by atoms with Crippen LogP contribution in [0, 0.1) is 0 Å². The highest BCUT2D eigenvalue weighted by molar-refractivity contribution is 8.00. The summed E-state index contributed by atoms with van der Waals surface area (Å²) < 4.78 is 5.43. The van der Waals surface area contributed by atoms with E-state index in [1.807, 2.05) is 87.5 Å². The summed E-state index contributed by atoms with van der Waals surface area (Å²) in [6.45, 7) is 6.25. The fourth-order valence-corrected chi connectivity index (χ4v) is 4.38. The molecule has 2 N–H and O–H groups in total. The van der Waals surface area contributed by atoms with Gasteiger partial charge in [0.15, 0.2) is 0 Å². The zero-order valence-corrected chi connectivity index (χ0v) is 22.3. The van der Waals surface area contributed by atoms with Crippen LogP contribution in [0.5, 0.6) is 0 Å². The van der Waals surface area contributed by atoms with Gasteiger partial charge in [0.05, 0.1) is 0 Å². The Kier molecular flexibility index (Phi) is 10.3. The van der Waals surface area contributed by atoms with Crippen molar-refractivity contribution in [3.63, 3.8) is 0 Å². The highest BCUT2D eigenvalue weighted by atomic mass is 32.2. The van der Waals surface area contributed by atoms with Crippen LogP contribution in [0.25, 0.3) is 0 Å². The van der Waals surface area contributed by atoms with Gasteiger partial charge in [0.25, 0.3) is 5.91 Å². The van der Waals surface area contributed by atoms with Crippen molar-refractivity contribution in [2.45, 2.75) is 50.6 Å². The van der Waals surface area contributed by atoms with Crippen molar-refractivity contribution in [2.75, 3.05) is 5.75 Å². The standard InChI is InChI=1S/C30H34N2O4S/c1-30(2,3)37-21-26(29(35)36-20-23-15-9-5-10-16-23)32-28(34)25(19-22-13-7-4-8-14-22)31-27(33)24-17-11-6-12-18-24/h4-18,25-26H,19-21H2,1-3H3,(H,31,33)(H,32,34)/t25-,26-/m0/s1. The van der Waals surface area contributed by atoms with E-state index in [-0.39, 0.29) is 23.7 Å². The zero-order valence-electron chi connectivity index (χ0n) is 21.5. The van der Waals surface area contributed by atoms with Gasteiger partial charge in [-0.1, -0.05) is 99.6 Å². The van der Waals surface area contributed by atoms with Crippen molar-refractivity contribution in [2.24, 2.45) is 0 Å². The molecule has 37 heavy (non-hydrogen) atoms. The van der Waals surface area contributed by atoms with E-state index in [1.165, 1.54) is 0 Å². The van der Waals surface area contributed by atoms with Gasteiger partial charge in [0.1, 0.15) is 18.7 Å². The number of amides is 2. The number of ether oxygens (including phenoxy) is 1. The van der Waals surface area contributed by atoms with Gasteiger partial charge in [0.2, 0.25) is 5.91 Å². The minimum Gasteiger partial charge on any atom is -0.459 e. The maximum absolute atomic E-state index is 13.5. The van der Waals surface area contributed by atoms with E-state index >= 15 is 0 Å². The average Bonchev–Trinajstić information content (AvgIpc) is 2.90. The average molecular weight is 519 g/mol. The highest BCUT2D eigenvalue weighted by Crippen LogP contribution is 2.24. The Morgan fingerprint density at radius 1 is 0.757 bits per heavy atom. The molecule has 0 aliphatic carbocycles. The van der Waals surface area contributed by atoms with Gasteiger partial charge in [0, 0.05) is 22.5 Å². The number of rotatable bonds is 11. The number of benzene rings is 3. The fraction of sp³-hybridized carbons (Fsp3) is 0.300. The molecule has 0 heterocycles. The molecule has 0 bridgehead atoms. The first-order valence-electron chi connectivity index (χ1n) is 12.3. The third-order valence-electron chi connectivity index (χ3n) is 5.45. The molecule has 0 aliphatic heterocycles. The molecule has 3 aromatic carbocycles. The largest absolute Gasteiger partial charge is 0.459 e. The molecule has 0 unspecified atom stereocenters. The maximum Gasteiger partial charge on any atom is 0.329 e. The first-order valence-corrected chi connectivity index (χ1v) is 13.2. The molecule has 3 rings (SSSR count). The smallest absolute Gasteiger partial charge is 0.329 e. The van der Waals surface area contributed by atoms with Crippen LogP contribution in [0.2, 0.25) is 0 Å². The van der Waals surface area contributed by atoms with Crippen LogP contribution < -0.4 is 10.6 Å². The van der Waals surface area contributed by atoms with E-state index in [4.69, 9.17) is 4.74 Å². The summed E-state index contributed by atoms with van der Waals surface area (Å²) in [5, 5.41) is 5.70. The Morgan fingerprint density at radius 2 is 1.30 bits per heavy atom. The minimum absolute atomic E-state index is 0.115. The number of hydrogen-bond donors (Lipinski definition) is 2. The van der Waals surface area contributed by atoms with Gasteiger partial charge in [-0.3, -0.25) is 9.59 Å². The molecule has 0 radical (unpaired) electrons. The molecule has 0 aromatic heterocycles. The van der Waals surface area contributed by atoms with Crippen LogP contribution in [-0.4, -0.2) is 40.4 Å². The Bertz CT molecular complexity index is 1150. The van der Waals surface area contributed by atoms with Gasteiger partial charge in [-0.15, -0.1) is 0 Å². The van der Waals surface area contributed by atoms with E-state index in [0.29, 0.717) is 11.3 Å². The van der Waals surface area contributed by atoms with Crippen LogP contribution in [0.4, 0.5) is 0 Å². The van der Waals surface area contributed by atoms with Crippen molar-refractivity contribution in [1.29, 1.82) is 0 Å². The Labute approximate surface area is 223 Å². The second-order valence-corrected chi connectivity index (χ2v) is 11.5. The van der Waals surface area contributed by atoms with Gasteiger partial charge in [-0.2, -0.15) is 11.8 Å². The van der Waals surface area contributed by atoms with Crippen molar-refractivity contribution in [3.8, 4) is 0 Å². The first kappa shape index (κ1) is 28.0. The molecular formula is C30H34N2O4S. The number of carbonyl (C=O) groups is 3. The molecule has 0 saturated carbocycles. The van der Waals surface area contributed by atoms with Gasteiger partial charge in [-0.05, 0) is 23.3 Å². The number of hydrogen-bond acceptors (Lipinski definition) is 5. The van der Waals surface area contributed by atoms with Crippen LogP contribution >= 0.6 is 11.8 Å². The summed E-state index contributed by atoms with van der Waals surface area (Å²) in [5.41, 5.74) is 2.21. The molecule has 2 amide bonds. The first-order chi connectivity index (χ1) is 17.7. The quantitative estimate of drug-likeness (QED) is 0.357. The second kappa shape index (κ2) is 13.7. The lowest BCUT2D eigenvalue weighted by Crippen LogP contribution is -2.53. The Morgan fingerprint density at radius 3 is 1.86 bits per heavy atom. The van der Waals surface area contributed by atoms with Crippen molar-refractivity contribution < 1.29 is 19.1 Å². The van der Waals surface area contributed by atoms with Crippen LogP contribution in [0.3, 0.4) is 0 Å². The predicted molar refractivity (Wildman–Crippen MR) is 148 cm³/mol. The monoisotopic (exact) mass is 518 g/mol. The zero-order chi connectivity index (χ0) is 26.7. The molecule has 6 nitrogen and oxygen atoms in total. The normalized spacial score (nSPS) is 12.7. The van der Waals surface area contributed by atoms with Crippen molar-refractivity contribution >= 4 is 29.5 Å². The van der Waals surface area contributed by atoms with Crippen LogP contribution in [0.1, 0.15) is 42.3 Å². The molecular weight excluding hydrogens is 484 g/mol. The second-order valence-electron chi connectivity index (χ2n) is 9.66. The molecule has 0 aliphatic rings. The molecule has 0 saturated heterocycles. The fourth-order valence-electron chi connectivity index (χ4n) is 3.49. The molecule has 0 spiro atoms. The highest BCUT2D eigenvalue weighted by Gasteiger charge is 2.29. The lowest BCUT2D eigenvalue weighted by Gasteiger charge is -2.25. The van der Waals surface area contributed by atoms with E-state index < -0.39 is 24.0 Å². The van der Waals surface area contributed by atoms with Crippen molar-refractivity contribution in [1.82, 2.24) is 10.6 Å². The molecule has 194 valence electrons. The molecule has 2 atom stereocenters. The van der Waals surface area contributed by atoms with E-state index in [1.54, 1.807) is 36.0 Å². The molecule has 3 aromatic rings. The summed E-state index contributed by atoms with van der Waals surface area (Å²) in [4.78, 5) is 39.4. The summed E-state index contributed by atoms with van der Waals surface area (Å²) in [6.07, 6.45) is 0.281. The summed E-state index contributed by atoms with van der Waals surface area (Å²) >= 11 is 1.56. The van der Waals surface area contributed by atoms with E-state index in [9.17, 15) is 14.4 Å². The molecule has 0 fully saturated rings. The van der Waals surface area contributed by atoms with Gasteiger partial charge < -0.3 is 15.4 Å². The SMILES string of the molecule is CC(C)(C)SC[C@H](NC(=O)[C@H](Cc1ccccc1)NC(=O)c1ccccc1)C(=O)OCc1ccccc1. The number of esters is 1. The van der Waals surface area contributed by atoms with Gasteiger partial charge >= 0.3 is 5.97 Å². The molecule has 7 heteroatoms. The number of thioether (sulfide) groups is 1. The van der Waals surface area contributed by atoms with Crippen molar-refractivity contribution in [3.05, 3.63) is 108 Å². The lowest BCUT2D eigenvalue weighted by molar-refractivity contribution is -0.148. The minimum atomic E-state index is -0.876. The predicted octanol–water partition coefficient (Wildman–Crippen LogP) is 4.79. The summed E-state index contributed by atoms with van der Waals surface area (Å²) in [6, 6.07) is 25.8. The van der Waals surface area contributed by atoms with Gasteiger partial charge in [-0.25, -0.2) is 4.79 Å². The Hall–Kier alpha value is -3.58. The van der Waals surface area contributed by atoms with Crippen LogP contribution in [0.15, 0.2) is 91.0 Å². The number of nitrogens with one attached hydrogen (secondary N) is 2. The Balaban J connectivity index is 1.75. The maximum atomic E-state index is 13.5. The summed E-state index contributed by atoms with van der Waals surface area (Å²) in [7, 11) is 0. The third-order valence-corrected chi connectivity index (χ3v) is 6.81. The summed E-state index contributed by atoms with van der Waals surface area (Å²) in [5.74, 6) is -0.969. The third kappa shape index (κ3) is 9.77. The topological polar surface area (TPSA) is 84.5 Å². The number of carbonyl (C=O) groups excluding carboxylic acids is 3. The lowest BCUT2D eigenvalue weighted by atomic mass is 10.0. The van der Waals surface area contributed by atoms with Crippen LogP contribution in [-0.2, 0) is 27.4 Å². The van der Waals surface area contributed by atoms with E-state index in [0.717, 1.165) is 11.1 Å².